The van der Waals surface area contributed by atoms with E-state index < -0.39 is 29.5 Å². The summed E-state index contributed by atoms with van der Waals surface area (Å²) in [4.78, 5) is 24.9. The first kappa shape index (κ1) is 15.3. The summed E-state index contributed by atoms with van der Waals surface area (Å²) in [5, 5.41) is 9.43. The lowest BCUT2D eigenvalue weighted by Crippen LogP contribution is -2.45. The van der Waals surface area contributed by atoms with Gasteiger partial charge in [-0.15, -0.1) is 0 Å². The number of aliphatic carboxylic acids is 1. The van der Waals surface area contributed by atoms with E-state index in [0.717, 1.165) is 0 Å². The van der Waals surface area contributed by atoms with Gasteiger partial charge in [0.15, 0.2) is 6.04 Å². The minimum Gasteiger partial charge on any atom is -0.479 e. The molecule has 0 aromatic heterocycles. The van der Waals surface area contributed by atoms with Gasteiger partial charge in [0.2, 0.25) is 0 Å². The normalized spacial score (nSPS) is 18.1. The van der Waals surface area contributed by atoms with Crippen molar-refractivity contribution in [3.63, 3.8) is 0 Å². The number of halogens is 1. The first-order chi connectivity index (χ1) is 9.69. The molecule has 1 aromatic carbocycles. The second-order valence-corrected chi connectivity index (χ2v) is 6.01. The number of ether oxygens (including phenoxy) is 1. The Bertz CT molecular complexity index is 580. The molecule has 2 rings (SSSR count). The highest BCUT2D eigenvalue weighted by molar-refractivity contribution is 5.82. The maximum Gasteiger partial charge on any atom is 0.411 e. The largest absolute Gasteiger partial charge is 0.479 e. The lowest BCUT2D eigenvalue weighted by Gasteiger charge is -2.35. The van der Waals surface area contributed by atoms with Crippen molar-refractivity contribution in [3.8, 4) is 0 Å². The van der Waals surface area contributed by atoms with E-state index in [4.69, 9.17) is 4.74 Å². The molecule has 0 bridgehead atoms. The van der Waals surface area contributed by atoms with E-state index in [1.807, 2.05) is 0 Å². The number of benzene rings is 1. The van der Waals surface area contributed by atoms with Crippen LogP contribution < -0.4 is 0 Å². The molecule has 1 heterocycles. The minimum absolute atomic E-state index is 0.183. The highest BCUT2D eigenvalue weighted by Crippen LogP contribution is 2.31. The quantitative estimate of drug-likeness (QED) is 0.865. The van der Waals surface area contributed by atoms with Crippen molar-refractivity contribution >= 4 is 12.1 Å². The Morgan fingerprint density at radius 3 is 2.62 bits per heavy atom. The molecule has 1 N–H and O–H groups in total. The van der Waals surface area contributed by atoms with Crippen LogP contribution in [0, 0.1) is 5.82 Å². The molecule has 0 saturated heterocycles. The highest BCUT2D eigenvalue weighted by atomic mass is 19.1. The van der Waals surface area contributed by atoms with Gasteiger partial charge in [0.25, 0.3) is 0 Å². The molecule has 1 aliphatic heterocycles. The molecule has 114 valence electrons. The van der Waals surface area contributed by atoms with Gasteiger partial charge >= 0.3 is 12.1 Å². The SMILES string of the molecule is CC(C)(C)OC(=O)N1CCc2cc(F)ccc2[C@@H]1C(=O)O. The topological polar surface area (TPSA) is 66.8 Å². The van der Waals surface area contributed by atoms with E-state index in [-0.39, 0.29) is 6.54 Å². The van der Waals surface area contributed by atoms with E-state index in [9.17, 15) is 19.1 Å². The average Bonchev–Trinajstić information content (AvgIpc) is 2.34. The third-order valence-electron chi connectivity index (χ3n) is 3.20. The van der Waals surface area contributed by atoms with Crippen molar-refractivity contribution < 1.29 is 23.8 Å². The van der Waals surface area contributed by atoms with Crippen LogP contribution in [0.15, 0.2) is 18.2 Å². The van der Waals surface area contributed by atoms with E-state index >= 15 is 0 Å². The van der Waals surface area contributed by atoms with Crippen LogP contribution in [0.4, 0.5) is 9.18 Å². The molecule has 0 saturated carbocycles. The molecule has 5 nitrogen and oxygen atoms in total. The van der Waals surface area contributed by atoms with Gasteiger partial charge in [0.05, 0.1) is 0 Å². The highest BCUT2D eigenvalue weighted by Gasteiger charge is 2.38. The van der Waals surface area contributed by atoms with Crippen LogP contribution in [-0.4, -0.2) is 34.2 Å². The maximum atomic E-state index is 13.2. The number of hydrogen-bond acceptors (Lipinski definition) is 3. The second kappa shape index (κ2) is 5.35. The van der Waals surface area contributed by atoms with Gasteiger partial charge in [-0.1, -0.05) is 6.07 Å². The molecule has 0 aliphatic carbocycles. The summed E-state index contributed by atoms with van der Waals surface area (Å²) in [6.45, 7) is 5.33. The first-order valence-electron chi connectivity index (χ1n) is 6.70. The van der Waals surface area contributed by atoms with E-state index in [1.54, 1.807) is 20.8 Å². The monoisotopic (exact) mass is 295 g/mol. The molecule has 1 amide bonds. The number of carboxylic acid groups (broad SMARTS) is 1. The number of fused-ring (bicyclic) bond motifs is 1. The number of hydrogen-bond donors (Lipinski definition) is 1. The average molecular weight is 295 g/mol. The zero-order valence-electron chi connectivity index (χ0n) is 12.2. The number of rotatable bonds is 1. The van der Waals surface area contributed by atoms with Crippen LogP contribution in [-0.2, 0) is 16.0 Å². The Kier molecular flexibility index (Phi) is 3.89. The zero-order valence-corrected chi connectivity index (χ0v) is 12.2. The Morgan fingerprint density at radius 2 is 2.05 bits per heavy atom. The van der Waals surface area contributed by atoms with Gasteiger partial charge in [-0.2, -0.15) is 0 Å². The molecule has 6 heteroatoms. The van der Waals surface area contributed by atoms with Crippen LogP contribution in [0.25, 0.3) is 0 Å². The summed E-state index contributed by atoms with van der Waals surface area (Å²) in [5.41, 5.74) is 0.339. The smallest absolute Gasteiger partial charge is 0.411 e. The van der Waals surface area contributed by atoms with Crippen molar-refractivity contribution in [1.29, 1.82) is 0 Å². The summed E-state index contributed by atoms with van der Waals surface area (Å²) in [6.07, 6.45) is -0.277. The third kappa shape index (κ3) is 3.32. The van der Waals surface area contributed by atoms with Gasteiger partial charge in [-0.25, -0.2) is 14.0 Å². The van der Waals surface area contributed by atoms with Gasteiger partial charge in [-0.05, 0) is 50.5 Å². The number of carboxylic acids is 1. The fourth-order valence-electron chi connectivity index (χ4n) is 2.38. The van der Waals surface area contributed by atoms with E-state index in [2.05, 4.69) is 0 Å². The van der Waals surface area contributed by atoms with Crippen LogP contribution in [0.5, 0.6) is 0 Å². The predicted molar refractivity (Wildman–Crippen MR) is 73.4 cm³/mol. The Balaban J connectivity index is 2.35. The minimum atomic E-state index is -1.16. The van der Waals surface area contributed by atoms with E-state index in [1.165, 1.54) is 23.1 Å². The molecular formula is C15H18FNO4. The van der Waals surface area contributed by atoms with Crippen molar-refractivity contribution in [1.82, 2.24) is 4.90 Å². The summed E-state index contributed by atoms with van der Waals surface area (Å²) < 4.78 is 18.5. The number of carbonyl (C=O) groups is 2. The van der Waals surface area contributed by atoms with Gasteiger partial charge in [0, 0.05) is 6.54 Å². The number of nitrogens with zero attached hydrogens (tertiary/aromatic N) is 1. The fourth-order valence-corrected chi connectivity index (χ4v) is 2.38. The molecule has 1 atom stereocenters. The lowest BCUT2D eigenvalue weighted by molar-refractivity contribution is -0.143. The van der Waals surface area contributed by atoms with Crippen LogP contribution in [0.3, 0.4) is 0 Å². The predicted octanol–water partition coefficient (Wildman–Crippen LogP) is 2.74. The van der Waals surface area contributed by atoms with Crippen LogP contribution >= 0.6 is 0 Å². The number of amides is 1. The molecule has 0 unspecified atom stereocenters. The van der Waals surface area contributed by atoms with E-state index in [0.29, 0.717) is 17.5 Å². The summed E-state index contributed by atoms with van der Waals surface area (Å²) in [6, 6.07) is 2.79. The third-order valence-corrected chi connectivity index (χ3v) is 3.20. The van der Waals surface area contributed by atoms with Crippen molar-refractivity contribution in [3.05, 3.63) is 35.1 Å². The molecule has 0 spiro atoms. The van der Waals surface area contributed by atoms with Crippen LogP contribution in [0.1, 0.15) is 37.9 Å². The summed E-state index contributed by atoms with van der Waals surface area (Å²) in [5.74, 6) is -1.57. The summed E-state index contributed by atoms with van der Waals surface area (Å²) in [7, 11) is 0. The van der Waals surface area contributed by atoms with Gasteiger partial charge in [-0.3, -0.25) is 4.90 Å². The molecule has 1 aliphatic rings. The molecule has 0 fully saturated rings. The maximum absolute atomic E-state index is 13.2. The Hall–Kier alpha value is -2.11. The first-order valence-corrected chi connectivity index (χ1v) is 6.70. The Morgan fingerprint density at radius 1 is 1.38 bits per heavy atom. The van der Waals surface area contributed by atoms with Crippen molar-refractivity contribution in [2.24, 2.45) is 0 Å². The number of carbonyl (C=O) groups excluding carboxylic acids is 1. The zero-order chi connectivity index (χ0) is 15.8. The fraction of sp³-hybridized carbons (Fsp3) is 0.467. The standard InChI is InChI=1S/C15H18FNO4/c1-15(2,3)21-14(20)17-7-6-9-8-10(16)4-5-11(9)12(17)13(18)19/h4-5,8,12H,6-7H2,1-3H3,(H,18,19)/t12-/m1/s1. The molecule has 1 aromatic rings. The molecular weight excluding hydrogens is 277 g/mol. The summed E-state index contributed by atoms with van der Waals surface area (Å²) >= 11 is 0. The van der Waals surface area contributed by atoms with Gasteiger partial charge in [0.1, 0.15) is 11.4 Å². The van der Waals surface area contributed by atoms with Crippen molar-refractivity contribution in [2.45, 2.75) is 38.8 Å². The van der Waals surface area contributed by atoms with Gasteiger partial charge < -0.3 is 9.84 Å². The molecule has 0 radical (unpaired) electrons. The van der Waals surface area contributed by atoms with Crippen molar-refractivity contribution in [2.75, 3.05) is 6.54 Å². The van der Waals surface area contributed by atoms with Crippen LogP contribution in [0.2, 0.25) is 0 Å². The molecule has 21 heavy (non-hydrogen) atoms. The lowest BCUT2D eigenvalue weighted by atomic mass is 9.93. The second-order valence-electron chi connectivity index (χ2n) is 6.01. The Labute approximate surface area is 122 Å².